The van der Waals surface area contributed by atoms with Crippen LogP contribution in [0.3, 0.4) is 0 Å². The Morgan fingerprint density at radius 2 is 2.20 bits per heavy atom. The third kappa shape index (κ3) is 2.60. The zero-order valence-electron chi connectivity index (χ0n) is 11.6. The quantitative estimate of drug-likeness (QED) is 0.824. The van der Waals surface area contributed by atoms with Crippen LogP contribution >= 0.6 is 0 Å². The minimum absolute atomic E-state index is 0.0355. The van der Waals surface area contributed by atoms with Crippen LogP contribution in [-0.4, -0.2) is 39.2 Å². The molecule has 6 heteroatoms. The van der Waals surface area contributed by atoms with Crippen LogP contribution in [-0.2, 0) is 9.53 Å². The third-order valence-corrected chi connectivity index (χ3v) is 3.44. The number of amides is 1. The second-order valence-electron chi connectivity index (χ2n) is 4.69. The average Bonchev–Trinajstić information content (AvgIpc) is 2.86. The van der Waals surface area contributed by atoms with Crippen molar-refractivity contribution < 1.29 is 19.1 Å². The number of anilines is 1. The normalized spacial score (nSPS) is 18.2. The highest BCUT2D eigenvalue weighted by atomic mass is 16.5. The van der Waals surface area contributed by atoms with E-state index in [0.29, 0.717) is 36.5 Å². The summed E-state index contributed by atoms with van der Waals surface area (Å²) in [5, 5.41) is 0. The van der Waals surface area contributed by atoms with Crippen molar-refractivity contribution in [1.82, 2.24) is 0 Å². The first kappa shape index (κ1) is 14.3. The van der Waals surface area contributed by atoms with Gasteiger partial charge in [-0.3, -0.25) is 4.79 Å². The van der Waals surface area contributed by atoms with E-state index in [2.05, 4.69) is 4.74 Å². The van der Waals surface area contributed by atoms with Gasteiger partial charge in [0.25, 0.3) is 0 Å². The van der Waals surface area contributed by atoms with Crippen molar-refractivity contribution in [3.63, 3.8) is 0 Å². The van der Waals surface area contributed by atoms with E-state index in [1.54, 1.807) is 23.1 Å². The molecule has 1 atom stereocenters. The number of rotatable bonds is 4. The molecule has 108 valence electrons. The number of ether oxygens (including phenoxy) is 2. The van der Waals surface area contributed by atoms with E-state index in [1.165, 1.54) is 14.2 Å². The molecule has 1 heterocycles. The van der Waals surface area contributed by atoms with Crippen LogP contribution in [0.25, 0.3) is 0 Å². The highest BCUT2D eigenvalue weighted by molar-refractivity contribution is 5.98. The maximum absolute atomic E-state index is 12.0. The van der Waals surface area contributed by atoms with Crippen molar-refractivity contribution in [3.8, 4) is 5.75 Å². The Balaban J connectivity index is 2.30. The number of nitrogens with zero attached hydrogens (tertiary/aromatic N) is 1. The van der Waals surface area contributed by atoms with Gasteiger partial charge in [-0.25, -0.2) is 4.79 Å². The fraction of sp³-hybridized carbons (Fsp3) is 0.429. The maximum Gasteiger partial charge on any atom is 0.341 e. The Morgan fingerprint density at radius 3 is 2.75 bits per heavy atom. The number of methoxy groups -OCH3 is 2. The lowest BCUT2D eigenvalue weighted by Crippen LogP contribution is -2.25. The van der Waals surface area contributed by atoms with Crippen molar-refractivity contribution in [3.05, 3.63) is 23.8 Å². The fourth-order valence-corrected chi connectivity index (χ4v) is 2.32. The number of benzene rings is 1. The summed E-state index contributed by atoms with van der Waals surface area (Å²) in [7, 11) is 2.78. The standard InChI is InChI=1S/C14H18N2O4/c1-19-12-6-10(3-4-11(12)14(18)20-2)16-8-9(7-15)5-13(16)17/h3-4,6,9H,5,7-8,15H2,1-2H3. The van der Waals surface area contributed by atoms with Gasteiger partial charge >= 0.3 is 5.97 Å². The number of carbonyl (C=O) groups is 2. The van der Waals surface area contributed by atoms with E-state index in [9.17, 15) is 9.59 Å². The molecule has 20 heavy (non-hydrogen) atoms. The molecule has 0 spiro atoms. The fourth-order valence-electron chi connectivity index (χ4n) is 2.32. The maximum atomic E-state index is 12.0. The summed E-state index contributed by atoms with van der Waals surface area (Å²) in [6.07, 6.45) is 0.456. The van der Waals surface area contributed by atoms with Crippen LogP contribution in [0.2, 0.25) is 0 Å². The highest BCUT2D eigenvalue weighted by Gasteiger charge is 2.30. The number of esters is 1. The lowest BCUT2D eigenvalue weighted by atomic mass is 10.1. The summed E-state index contributed by atoms with van der Waals surface area (Å²) in [5.41, 5.74) is 6.65. The molecule has 0 saturated carbocycles. The molecule has 1 fully saturated rings. The molecule has 1 aliphatic rings. The number of carbonyl (C=O) groups excluding carboxylic acids is 2. The van der Waals surface area contributed by atoms with Crippen LogP contribution in [0.5, 0.6) is 5.75 Å². The predicted molar refractivity (Wildman–Crippen MR) is 73.8 cm³/mol. The molecule has 1 aromatic rings. The van der Waals surface area contributed by atoms with E-state index in [-0.39, 0.29) is 11.8 Å². The van der Waals surface area contributed by atoms with Crippen molar-refractivity contribution in [2.24, 2.45) is 11.7 Å². The first-order valence-corrected chi connectivity index (χ1v) is 6.37. The lowest BCUT2D eigenvalue weighted by Gasteiger charge is -2.18. The second kappa shape index (κ2) is 5.92. The minimum atomic E-state index is -0.471. The van der Waals surface area contributed by atoms with Crippen LogP contribution in [0.4, 0.5) is 5.69 Å². The predicted octanol–water partition coefficient (Wildman–Crippen LogP) is 0.793. The summed E-state index contributed by atoms with van der Waals surface area (Å²) >= 11 is 0. The molecular weight excluding hydrogens is 260 g/mol. The van der Waals surface area contributed by atoms with Gasteiger partial charge in [-0.1, -0.05) is 0 Å². The van der Waals surface area contributed by atoms with Crippen molar-refractivity contribution in [2.45, 2.75) is 6.42 Å². The SMILES string of the molecule is COC(=O)c1ccc(N2CC(CN)CC2=O)cc1OC. The Morgan fingerprint density at radius 1 is 1.45 bits per heavy atom. The summed E-state index contributed by atoms with van der Waals surface area (Å²) < 4.78 is 9.88. The average molecular weight is 278 g/mol. The van der Waals surface area contributed by atoms with Crippen LogP contribution in [0.1, 0.15) is 16.8 Å². The van der Waals surface area contributed by atoms with Crippen molar-refractivity contribution in [2.75, 3.05) is 32.2 Å². The van der Waals surface area contributed by atoms with Crippen LogP contribution in [0.15, 0.2) is 18.2 Å². The Hall–Kier alpha value is -2.08. The van der Waals surface area contributed by atoms with E-state index < -0.39 is 5.97 Å². The number of hydrogen-bond donors (Lipinski definition) is 1. The minimum Gasteiger partial charge on any atom is -0.496 e. The zero-order valence-corrected chi connectivity index (χ0v) is 11.6. The smallest absolute Gasteiger partial charge is 0.341 e. The molecule has 1 aromatic carbocycles. The van der Waals surface area contributed by atoms with Crippen LogP contribution < -0.4 is 15.4 Å². The first-order valence-electron chi connectivity index (χ1n) is 6.37. The van der Waals surface area contributed by atoms with Gasteiger partial charge in [-0.05, 0) is 24.6 Å². The third-order valence-electron chi connectivity index (χ3n) is 3.44. The largest absolute Gasteiger partial charge is 0.496 e. The van der Waals surface area contributed by atoms with Gasteiger partial charge in [-0.2, -0.15) is 0 Å². The van der Waals surface area contributed by atoms with Gasteiger partial charge < -0.3 is 20.1 Å². The highest BCUT2D eigenvalue weighted by Crippen LogP contribution is 2.30. The van der Waals surface area contributed by atoms with Crippen molar-refractivity contribution >= 4 is 17.6 Å². The molecule has 1 aliphatic heterocycles. The number of hydrogen-bond acceptors (Lipinski definition) is 5. The monoisotopic (exact) mass is 278 g/mol. The lowest BCUT2D eigenvalue weighted by molar-refractivity contribution is -0.117. The second-order valence-corrected chi connectivity index (χ2v) is 4.69. The molecular formula is C14H18N2O4. The molecule has 6 nitrogen and oxygen atoms in total. The Kier molecular flexibility index (Phi) is 4.24. The molecule has 0 aliphatic carbocycles. The van der Waals surface area contributed by atoms with Gasteiger partial charge in [0.15, 0.2) is 0 Å². The Labute approximate surface area is 117 Å². The molecule has 1 saturated heterocycles. The first-order chi connectivity index (χ1) is 9.60. The molecule has 0 bridgehead atoms. The van der Waals surface area contributed by atoms with Gasteiger partial charge in [-0.15, -0.1) is 0 Å². The van der Waals surface area contributed by atoms with Gasteiger partial charge in [0.05, 0.1) is 14.2 Å². The van der Waals surface area contributed by atoms with Gasteiger partial charge in [0.1, 0.15) is 11.3 Å². The summed E-state index contributed by atoms with van der Waals surface area (Å²) in [6, 6.07) is 4.98. The van der Waals surface area contributed by atoms with E-state index >= 15 is 0 Å². The Bertz CT molecular complexity index is 530. The molecule has 2 rings (SSSR count). The van der Waals surface area contributed by atoms with Crippen molar-refractivity contribution in [1.29, 1.82) is 0 Å². The molecule has 1 unspecified atom stereocenters. The van der Waals surface area contributed by atoms with E-state index in [1.807, 2.05) is 0 Å². The van der Waals surface area contributed by atoms with E-state index in [4.69, 9.17) is 10.5 Å². The summed E-state index contributed by atoms with van der Waals surface area (Å²) in [4.78, 5) is 25.2. The van der Waals surface area contributed by atoms with Gasteiger partial charge in [0.2, 0.25) is 5.91 Å². The number of nitrogens with two attached hydrogens (primary N) is 1. The molecule has 1 amide bonds. The summed E-state index contributed by atoms with van der Waals surface area (Å²) in [5.74, 6) is 0.126. The molecule has 2 N–H and O–H groups in total. The molecule has 0 radical (unpaired) electrons. The summed E-state index contributed by atoms with van der Waals surface area (Å²) in [6.45, 7) is 1.08. The van der Waals surface area contributed by atoms with Gasteiger partial charge in [0, 0.05) is 24.7 Å². The topological polar surface area (TPSA) is 81.9 Å². The van der Waals surface area contributed by atoms with E-state index in [0.717, 1.165) is 0 Å². The zero-order chi connectivity index (χ0) is 14.7. The van der Waals surface area contributed by atoms with Crippen LogP contribution in [0, 0.1) is 5.92 Å². The molecule has 0 aromatic heterocycles.